The molecule has 0 spiro atoms. The Morgan fingerprint density at radius 3 is 2.88 bits per heavy atom. The number of hydrogen-bond acceptors (Lipinski definition) is 6. The second-order valence-corrected chi connectivity index (χ2v) is 6.33. The van der Waals surface area contributed by atoms with Crippen LogP contribution < -0.4 is 5.32 Å². The minimum Gasteiger partial charge on any atom is -0.389 e. The zero-order valence-electron chi connectivity index (χ0n) is 14.7. The maximum atomic E-state index is 13.6. The van der Waals surface area contributed by atoms with Crippen LogP contribution in [0, 0.1) is 11.2 Å². The fourth-order valence-electron chi connectivity index (χ4n) is 2.76. The first-order chi connectivity index (χ1) is 12.5. The molecule has 1 aliphatic heterocycles. The molecule has 26 heavy (non-hydrogen) atoms. The van der Waals surface area contributed by atoms with E-state index in [9.17, 15) is 9.50 Å². The van der Waals surface area contributed by atoms with Crippen molar-refractivity contribution in [3.05, 3.63) is 47.0 Å². The predicted octanol–water partition coefficient (Wildman–Crippen LogP) is 1.74. The molecule has 1 aromatic heterocycles. The second-order valence-electron chi connectivity index (χ2n) is 6.33. The van der Waals surface area contributed by atoms with E-state index in [2.05, 4.69) is 15.5 Å². The van der Waals surface area contributed by atoms with Gasteiger partial charge in [-0.3, -0.25) is 0 Å². The highest BCUT2D eigenvalue weighted by molar-refractivity contribution is 5.77. The standard InChI is InChI=1S/C18H22FN5O2/c1-11(25)16-6-13(19)3-4-15(16)18-17(22-24(2)23-18)5-12(7-20)8-21-14-9-26-10-14/h3-4,6-8,11,14,20-21,25H,5,9-10H2,1-2H3/b12-8-,20-7?/t11-/m1/s1. The van der Waals surface area contributed by atoms with Gasteiger partial charge >= 0.3 is 0 Å². The number of aryl methyl sites for hydroxylation is 1. The van der Waals surface area contributed by atoms with Crippen molar-refractivity contribution in [3.63, 3.8) is 0 Å². The van der Waals surface area contributed by atoms with E-state index >= 15 is 0 Å². The van der Waals surface area contributed by atoms with Gasteiger partial charge in [0, 0.05) is 31.4 Å². The molecule has 138 valence electrons. The lowest BCUT2D eigenvalue weighted by Gasteiger charge is -2.26. The molecule has 3 rings (SSSR count). The summed E-state index contributed by atoms with van der Waals surface area (Å²) < 4.78 is 18.7. The summed E-state index contributed by atoms with van der Waals surface area (Å²) in [5, 5.41) is 29.6. The van der Waals surface area contributed by atoms with Crippen LogP contribution in [0.25, 0.3) is 11.3 Å². The lowest BCUT2D eigenvalue weighted by molar-refractivity contribution is 0.000705. The number of aliphatic hydroxyl groups is 1. The van der Waals surface area contributed by atoms with Crippen LogP contribution >= 0.6 is 0 Å². The van der Waals surface area contributed by atoms with Crippen LogP contribution in [0.5, 0.6) is 0 Å². The number of halogens is 1. The van der Waals surface area contributed by atoms with Crippen LogP contribution in [0.3, 0.4) is 0 Å². The monoisotopic (exact) mass is 359 g/mol. The van der Waals surface area contributed by atoms with E-state index in [-0.39, 0.29) is 6.04 Å². The molecule has 0 bridgehead atoms. The quantitative estimate of drug-likeness (QED) is 0.655. The molecule has 7 nitrogen and oxygen atoms in total. The molecular weight excluding hydrogens is 337 g/mol. The summed E-state index contributed by atoms with van der Waals surface area (Å²) in [4.78, 5) is 1.44. The van der Waals surface area contributed by atoms with Gasteiger partial charge in [0.1, 0.15) is 11.5 Å². The second kappa shape index (κ2) is 7.76. The number of nitrogens with one attached hydrogen (secondary N) is 2. The van der Waals surface area contributed by atoms with E-state index in [1.165, 1.54) is 23.1 Å². The Kier molecular flexibility index (Phi) is 5.43. The zero-order chi connectivity index (χ0) is 18.7. The number of benzene rings is 1. The Hall–Kier alpha value is -2.58. The molecule has 1 fully saturated rings. The third-order valence-electron chi connectivity index (χ3n) is 4.20. The minimum atomic E-state index is -0.839. The third kappa shape index (κ3) is 3.97. The minimum absolute atomic E-state index is 0.269. The number of nitrogens with zero attached hydrogens (tertiary/aromatic N) is 3. The molecular formula is C18H22FN5O2. The van der Waals surface area contributed by atoms with Crippen molar-refractivity contribution in [2.24, 2.45) is 7.05 Å². The lowest BCUT2D eigenvalue weighted by Crippen LogP contribution is -2.43. The number of allylic oxidation sites excluding steroid dienone is 1. The van der Waals surface area contributed by atoms with Gasteiger partial charge in [-0.15, -0.1) is 0 Å². The van der Waals surface area contributed by atoms with E-state index in [0.29, 0.717) is 42.1 Å². The van der Waals surface area contributed by atoms with Crippen molar-refractivity contribution in [1.82, 2.24) is 20.3 Å². The van der Waals surface area contributed by atoms with Gasteiger partial charge in [-0.25, -0.2) is 4.39 Å². The SMILES string of the molecule is C[C@@H](O)c1cc(F)ccc1-c1nn(C)nc1C/C(C=N)=C/NC1COC1. The average Bonchev–Trinajstić information content (AvgIpc) is 2.92. The van der Waals surface area contributed by atoms with Crippen molar-refractivity contribution < 1.29 is 14.2 Å². The summed E-state index contributed by atoms with van der Waals surface area (Å²) >= 11 is 0. The summed E-state index contributed by atoms with van der Waals surface area (Å²) in [7, 11) is 1.70. The highest BCUT2D eigenvalue weighted by Gasteiger charge is 2.20. The summed E-state index contributed by atoms with van der Waals surface area (Å²) in [6, 6.07) is 4.52. The predicted molar refractivity (Wildman–Crippen MR) is 95.3 cm³/mol. The Balaban J connectivity index is 1.92. The Morgan fingerprint density at radius 1 is 1.50 bits per heavy atom. The van der Waals surface area contributed by atoms with Gasteiger partial charge in [0.25, 0.3) is 0 Å². The molecule has 0 amide bonds. The molecule has 3 N–H and O–H groups in total. The van der Waals surface area contributed by atoms with Crippen molar-refractivity contribution in [1.29, 1.82) is 5.41 Å². The molecule has 1 aromatic carbocycles. The van der Waals surface area contributed by atoms with Crippen LogP contribution in [-0.2, 0) is 18.2 Å². The maximum Gasteiger partial charge on any atom is 0.123 e. The van der Waals surface area contributed by atoms with Crippen LogP contribution in [-0.4, -0.2) is 45.6 Å². The van der Waals surface area contributed by atoms with Gasteiger partial charge < -0.3 is 20.6 Å². The summed E-state index contributed by atoms with van der Waals surface area (Å²) in [5.74, 6) is -0.415. The molecule has 0 aliphatic carbocycles. The molecule has 0 saturated carbocycles. The molecule has 0 unspecified atom stereocenters. The first-order valence-corrected chi connectivity index (χ1v) is 8.39. The normalized spacial score (nSPS) is 16.2. The fourth-order valence-corrected chi connectivity index (χ4v) is 2.76. The molecule has 1 atom stereocenters. The Morgan fingerprint density at radius 2 is 2.27 bits per heavy atom. The lowest BCUT2D eigenvalue weighted by atomic mass is 9.97. The molecule has 8 heteroatoms. The Labute approximate surface area is 151 Å². The maximum absolute atomic E-state index is 13.6. The van der Waals surface area contributed by atoms with E-state index in [1.54, 1.807) is 26.2 Å². The number of ether oxygens (including phenoxy) is 1. The van der Waals surface area contributed by atoms with Crippen molar-refractivity contribution in [2.45, 2.75) is 25.5 Å². The van der Waals surface area contributed by atoms with Gasteiger partial charge in [-0.05, 0) is 36.3 Å². The highest BCUT2D eigenvalue weighted by atomic mass is 19.1. The zero-order valence-corrected chi connectivity index (χ0v) is 14.7. The van der Waals surface area contributed by atoms with Crippen LogP contribution in [0.4, 0.5) is 4.39 Å². The number of hydrogen-bond donors (Lipinski definition) is 3. The summed E-state index contributed by atoms with van der Waals surface area (Å²) in [5.41, 5.74) is 3.05. The van der Waals surface area contributed by atoms with Gasteiger partial charge in [0.15, 0.2) is 0 Å². The molecule has 2 heterocycles. The largest absolute Gasteiger partial charge is 0.389 e. The number of aromatic nitrogens is 3. The summed E-state index contributed by atoms with van der Waals surface area (Å²) in [6.07, 6.45) is 2.61. The molecule has 1 saturated heterocycles. The van der Waals surface area contributed by atoms with E-state index in [4.69, 9.17) is 10.1 Å². The highest BCUT2D eigenvalue weighted by Crippen LogP contribution is 2.30. The molecule has 0 radical (unpaired) electrons. The van der Waals surface area contributed by atoms with E-state index in [0.717, 1.165) is 5.57 Å². The van der Waals surface area contributed by atoms with Gasteiger partial charge in [-0.2, -0.15) is 15.0 Å². The summed E-state index contributed by atoms with van der Waals surface area (Å²) in [6.45, 7) is 2.90. The first-order valence-electron chi connectivity index (χ1n) is 8.39. The van der Waals surface area contributed by atoms with Crippen molar-refractivity contribution >= 4 is 6.21 Å². The van der Waals surface area contributed by atoms with Gasteiger partial charge in [-0.1, -0.05) is 0 Å². The number of aliphatic hydroxyl groups excluding tert-OH is 1. The van der Waals surface area contributed by atoms with Crippen LogP contribution in [0.1, 0.15) is 24.3 Å². The van der Waals surface area contributed by atoms with E-state index < -0.39 is 11.9 Å². The van der Waals surface area contributed by atoms with Crippen molar-refractivity contribution in [3.8, 4) is 11.3 Å². The third-order valence-corrected chi connectivity index (χ3v) is 4.20. The number of rotatable bonds is 7. The van der Waals surface area contributed by atoms with Crippen LogP contribution in [0.15, 0.2) is 30.0 Å². The topological polar surface area (TPSA) is 96.1 Å². The van der Waals surface area contributed by atoms with Gasteiger partial charge in [0.05, 0.1) is 31.1 Å². The van der Waals surface area contributed by atoms with Crippen LogP contribution in [0.2, 0.25) is 0 Å². The van der Waals surface area contributed by atoms with Crippen molar-refractivity contribution in [2.75, 3.05) is 13.2 Å². The Bertz CT molecular complexity index is 827. The first kappa shape index (κ1) is 18.2. The van der Waals surface area contributed by atoms with E-state index in [1.807, 2.05) is 0 Å². The fraction of sp³-hybridized carbons (Fsp3) is 0.389. The smallest absolute Gasteiger partial charge is 0.123 e. The molecule has 2 aromatic rings. The van der Waals surface area contributed by atoms with Gasteiger partial charge in [0.2, 0.25) is 0 Å². The average molecular weight is 359 g/mol. The molecule has 1 aliphatic rings.